The van der Waals surface area contributed by atoms with E-state index in [4.69, 9.17) is 4.74 Å². The van der Waals surface area contributed by atoms with Gasteiger partial charge in [0.15, 0.2) is 11.0 Å². The van der Waals surface area contributed by atoms with Gasteiger partial charge in [0.05, 0.1) is 18.7 Å². The number of nitrogens with one attached hydrogen (secondary N) is 1. The van der Waals surface area contributed by atoms with Crippen LogP contribution in [0.4, 0.5) is 13.2 Å². The third-order valence-electron chi connectivity index (χ3n) is 4.69. The third-order valence-corrected chi connectivity index (χ3v) is 5.73. The van der Waals surface area contributed by atoms with Gasteiger partial charge in [-0.3, -0.25) is 4.57 Å². The molecule has 5 nitrogen and oxygen atoms in total. The number of aromatic nitrogens is 4. The molecule has 0 aliphatic carbocycles. The first kappa shape index (κ1) is 20.5. The van der Waals surface area contributed by atoms with Gasteiger partial charge in [-0.05, 0) is 17.7 Å². The van der Waals surface area contributed by atoms with E-state index < -0.39 is 11.7 Å². The maximum absolute atomic E-state index is 13.0. The van der Waals surface area contributed by atoms with Crippen LogP contribution in [0, 0.1) is 0 Å². The molecule has 0 spiro atoms. The van der Waals surface area contributed by atoms with Crippen molar-refractivity contribution in [1.29, 1.82) is 0 Å². The lowest BCUT2D eigenvalue weighted by atomic mass is 10.1. The second kappa shape index (κ2) is 8.53. The summed E-state index contributed by atoms with van der Waals surface area (Å²) in [7, 11) is 1.62. The Balaban J connectivity index is 1.63. The number of H-pyrrole nitrogens is 1. The quantitative estimate of drug-likeness (QED) is 0.398. The Kier molecular flexibility index (Phi) is 5.83. The zero-order chi connectivity index (χ0) is 21.1. The van der Waals surface area contributed by atoms with Gasteiger partial charge >= 0.3 is 6.18 Å². The van der Waals surface area contributed by atoms with Crippen LogP contribution in [0.25, 0.3) is 22.3 Å². The Morgan fingerprint density at radius 1 is 1.10 bits per heavy atom. The number of aromatic amines is 1. The first-order valence-electron chi connectivity index (χ1n) is 9.25. The number of fused-ring (bicyclic) bond motifs is 1. The lowest BCUT2D eigenvalue weighted by molar-refractivity contribution is -0.137. The van der Waals surface area contributed by atoms with E-state index in [1.54, 1.807) is 13.2 Å². The van der Waals surface area contributed by atoms with E-state index in [-0.39, 0.29) is 0 Å². The summed E-state index contributed by atoms with van der Waals surface area (Å²) >= 11 is 1.35. The van der Waals surface area contributed by atoms with Crippen LogP contribution < -0.4 is 0 Å². The van der Waals surface area contributed by atoms with Crippen molar-refractivity contribution in [3.05, 3.63) is 65.9 Å². The Hall–Kier alpha value is -2.78. The predicted molar refractivity (Wildman–Crippen MR) is 110 cm³/mol. The number of thioether (sulfide) groups is 1. The maximum atomic E-state index is 13.0. The standard InChI is InChI=1S/C21H19F3N4OS/c1-29-10-9-28-19(17-12-25-18-8-3-2-7-16(17)18)26-27-20(28)30-13-14-5-4-6-15(11-14)21(22,23)24/h2-8,11-12,25H,9-10,13H2,1H3. The highest BCUT2D eigenvalue weighted by Crippen LogP contribution is 2.33. The third kappa shape index (κ3) is 4.22. The number of hydrogen-bond donors (Lipinski definition) is 1. The van der Waals surface area contributed by atoms with Crippen LogP contribution in [-0.4, -0.2) is 33.5 Å². The van der Waals surface area contributed by atoms with Crippen molar-refractivity contribution >= 4 is 22.7 Å². The van der Waals surface area contributed by atoms with Crippen LogP contribution in [0.1, 0.15) is 11.1 Å². The number of ether oxygens (including phenoxy) is 1. The molecule has 2 aromatic heterocycles. The fourth-order valence-corrected chi connectivity index (χ4v) is 4.13. The number of hydrogen-bond acceptors (Lipinski definition) is 4. The molecule has 0 unspecified atom stereocenters. The van der Waals surface area contributed by atoms with E-state index in [0.717, 1.165) is 22.5 Å². The molecular weight excluding hydrogens is 413 g/mol. The van der Waals surface area contributed by atoms with Crippen LogP contribution in [0.3, 0.4) is 0 Å². The molecule has 0 saturated carbocycles. The molecule has 30 heavy (non-hydrogen) atoms. The largest absolute Gasteiger partial charge is 0.416 e. The van der Waals surface area contributed by atoms with E-state index in [1.165, 1.54) is 23.9 Å². The predicted octanol–water partition coefficient (Wildman–Crippen LogP) is 5.38. The van der Waals surface area contributed by atoms with Gasteiger partial charge < -0.3 is 9.72 Å². The van der Waals surface area contributed by atoms with Gasteiger partial charge in [0.25, 0.3) is 0 Å². The van der Waals surface area contributed by atoms with Crippen molar-refractivity contribution in [3.63, 3.8) is 0 Å². The summed E-state index contributed by atoms with van der Waals surface area (Å²) in [6.07, 6.45) is -2.47. The van der Waals surface area contributed by atoms with Crippen LogP contribution in [-0.2, 0) is 23.2 Å². The van der Waals surface area contributed by atoms with Crippen LogP contribution in [0.5, 0.6) is 0 Å². The smallest absolute Gasteiger partial charge is 0.383 e. The number of rotatable bonds is 7. The molecule has 0 aliphatic rings. The molecule has 1 N–H and O–H groups in total. The topological polar surface area (TPSA) is 55.7 Å². The molecule has 9 heteroatoms. The normalized spacial score (nSPS) is 12.0. The second-order valence-electron chi connectivity index (χ2n) is 6.69. The highest BCUT2D eigenvalue weighted by molar-refractivity contribution is 7.98. The average molecular weight is 432 g/mol. The summed E-state index contributed by atoms with van der Waals surface area (Å²) in [5, 5.41) is 10.3. The maximum Gasteiger partial charge on any atom is 0.416 e. The molecule has 0 radical (unpaired) electrons. The fraction of sp³-hybridized carbons (Fsp3) is 0.238. The molecule has 0 saturated heterocycles. The highest BCUT2D eigenvalue weighted by Gasteiger charge is 2.30. The molecule has 4 rings (SSSR count). The van der Waals surface area contributed by atoms with E-state index in [9.17, 15) is 13.2 Å². The zero-order valence-corrected chi connectivity index (χ0v) is 16.9. The fourth-order valence-electron chi connectivity index (χ4n) is 3.22. The Bertz CT molecular complexity index is 1150. The minimum atomic E-state index is -4.36. The summed E-state index contributed by atoms with van der Waals surface area (Å²) < 4.78 is 46.1. The van der Waals surface area contributed by atoms with Gasteiger partial charge in [0, 0.05) is 35.5 Å². The van der Waals surface area contributed by atoms with Crippen molar-refractivity contribution in [1.82, 2.24) is 19.7 Å². The lowest BCUT2D eigenvalue weighted by Gasteiger charge is -2.10. The van der Waals surface area contributed by atoms with Crippen molar-refractivity contribution in [2.24, 2.45) is 0 Å². The van der Waals surface area contributed by atoms with E-state index in [2.05, 4.69) is 15.2 Å². The highest BCUT2D eigenvalue weighted by atomic mass is 32.2. The number of alkyl halides is 3. The van der Waals surface area contributed by atoms with Crippen LogP contribution in [0.15, 0.2) is 59.9 Å². The SMILES string of the molecule is COCCn1c(SCc2cccc(C(F)(F)F)c2)nnc1-c1c[nH]c2ccccc12. The molecule has 2 heterocycles. The Morgan fingerprint density at radius 3 is 2.73 bits per heavy atom. The monoisotopic (exact) mass is 432 g/mol. The van der Waals surface area contributed by atoms with Crippen molar-refractivity contribution in [2.45, 2.75) is 23.6 Å². The number of halogens is 3. The molecule has 0 aliphatic heterocycles. The van der Waals surface area contributed by atoms with Crippen LogP contribution in [0.2, 0.25) is 0 Å². The molecule has 0 atom stereocenters. The number of nitrogens with zero attached hydrogens (tertiary/aromatic N) is 3. The number of para-hydroxylation sites is 1. The van der Waals surface area contributed by atoms with Crippen molar-refractivity contribution in [2.75, 3.05) is 13.7 Å². The van der Waals surface area contributed by atoms with Gasteiger partial charge in [-0.1, -0.05) is 48.2 Å². The zero-order valence-electron chi connectivity index (χ0n) is 16.1. The van der Waals surface area contributed by atoms with Crippen molar-refractivity contribution < 1.29 is 17.9 Å². The average Bonchev–Trinajstić information content (AvgIpc) is 3.34. The second-order valence-corrected chi connectivity index (χ2v) is 7.63. The Labute approximate surface area is 175 Å². The van der Waals surface area contributed by atoms with Gasteiger partial charge in [-0.2, -0.15) is 13.2 Å². The first-order valence-corrected chi connectivity index (χ1v) is 10.2. The number of methoxy groups -OCH3 is 1. The molecule has 0 bridgehead atoms. The molecule has 0 fully saturated rings. The summed E-state index contributed by atoms with van der Waals surface area (Å²) in [6, 6.07) is 13.2. The van der Waals surface area contributed by atoms with E-state index in [1.807, 2.05) is 35.0 Å². The number of benzene rings is 2. The minimum absolute atomic E-state index is 0.350. The molecule has 0 amide bonds. The Morgan fingerprint density at radius 2 is 1.93 bits per heavy atom. The summed E-state index contributed by atoms with van der Waals surface area (Å²) in [6.45, 7) is 0.994. The lowest BCUT2D eigenvalue weighted by Crippen LogP contribution is -2.07. The summed E-state index contributed by atoms with van der Waals surface area (Å²) in [4.78, 5) is 3.23. The molecule has 4 aromatic rings. The van der Waals surface area contributed by atoms with E-state index in [0.29, 0.717) is 35.4 Å². The van der Waals surface area contributed by atoms with E-state index >= 15 is 0 Å². The van der Waals surface area contributed by atoms with Gasteiger partial charge in [-0.15, -0.1) is 10.2 Å². The first-order chi connectivity index (χ1) is 14.5. The molecular formula is C21H19F3N4OS. The summed E-state index contributed by atoms with van der Waals surface area (Å²) in [5.74, 6) is 1.04. The van der Waals surface area contributed by atoms with Crippen molar-refractivity contribution in [3.8, 4) is 11.4 Å². The minimum Gasteiger partial charge on any atom is -0.383 e. The van der Waals surface area contributed by atoms with Crippen LogP contribution >= 0.6 is 11.8 Å². The molecule has 2 aromatic carbocycles. The van der Waals surface area contributed by atoms with Gasteiger partial charge in [-0.25, -0.2) is 0 Å². The molecule has 156 valence electrons. The summed E-state index contributed by atoms with van der Waals surface area (Å²) in [5.41, 5.74) is 1.83. The van der Waals surface area contributed by atoms with Gasteiger partial charge in [0.1, 0.15) is 0 Å². The van der Waals surface area contributed by atoms with Gasteiger partial charge in [0.2, 0.25) is 0 Å².